The highest BCUT2D eigenvalue weighted by atomic mass is 32.1. The molecule has 10 rings (SSSR count). The quantitative estimate of drug-likeness (QED) is 0.194. The van der Waals surface area contributed by atoms with Crippen molar-refractivity contribution in [2.45, 2.75) is 0 Å². The van der Waals surface area contributed by atoms with Crippen molar-refractivity contribution in [2.75, 3.05) is 0 Å². The number of nitrogens with zero attached hydrogens (tertiary/aromatic N) is 4. The number of fused-ring (bicyclic) bond motifs is 10. The van der Waals surface area contributed by atoms with Crippen LogP contribution in [0.4, 0.5) is 0 Å². The first-order chi connectivity index (χ1) is 23.8. The first-order valence-electron chi connectivity index (χ1n) is 16.0. The summed E-state index contributed by atoms with van der Waals surface area (Å²) >= 11 is 1.84. The van der Waals surface area contributed by atoms with Crippen molar-refractivity contribution < 1.29 is 0 Å². The molecule has 3 heterocycles. The minimum atomic E-state index is 0.603. The van der Waals surface area contributed by atoms with E-state index in [0.717, 1.165) is 27.7 Å². The molecule has 224 valence electrons. The molecule has 0 N–H and O–H groups in total. The van der Waals surface area contributed by atoms with Crippen LogP contribution in [-0.4, -0.2) is 19.5 Å². The van der Waals surface area contributed by atoms with Crippen LogP contribution >= 0.6 is 11.3 Å². The van der Waals surface area contributed by atoms with Crippen molar-refractivity contribution >= 4 is 64.1 Å². The van der Waals surface area contributed by atoms with Gasteiger partial charge in [0.25, 0.3) is 0 Å². The average Bonchev–Trinajstić information content (AvgIpc) is 3.73. The van der Waals surface area contributed by atoms with Crippen LogP contribution in [0.5, 0.6) is 0 Å². The number of aromatic nitrogens is 4. The van der Waals surface area contributed by atoms with Crippen molar-refractivity contribution in [3.05, 3.63) is 158 Å². The van der Waals surface area contributed by atoms with Crippen LogP contribution in [0.2, 0.25) is 0 Å². The summed E-state index contributed by atoms with van der Waals surface area (Å²) in [5.41, 5.74) is 6.41. The summed E-state index contributed by atoms with van der Waals surface area (Å²) in [5, 5.41) is 7.44. The van der Waals surface area contributed by atoms with E-state index in [0.29, 0.717) is 17.6 Å². The third-order valence-electron chi connectivity index (χ3n) is 9.26. The van der Waals surface area contributed by atoms with Gasteiger partial charge in [-0.3, -0.25) is 4.57 Å². The van der Waals surface area contributed by atoms with Gasteiger partial charge in [-0.2, -0.15) is 9.97 Å². The van der Waals surface area contributed by atoms with Gasteiger partial charge >= 0.3 is 0 Å². The van der Waals surface area contributed by atoms with E-state index < -0.39 is 0 Å². The van der Waals surface area contributed by atoms with E-state index in [9.17, 15) is 0 Å². The Kier molecular flexibility index (Phi) is 6.01. The van der Waals surface area contributed by atoms with Gasteiger partial charge in [-0.25, -0.2) is 4.98 Å². The van der Waals surface area contributed by atoms with E-state index in [2.05, 4.69) is 138 Å². The van der Waals surface area contributed by atoms with Gasteiger partial charge in [0.1, 0.15) is 0 Å². The van der Waals surface area contributed by atoms with Crippen molar-refractivity contribution in [1.82, 2.24) is 19.5 Å². The molecule has 0 aliphatic carbocycles. The topological polar surface area (TPSA) is 43.6 Å². The average molecular weight is 631 g/mol. The number of thiophene rings is 1. The highest BCUT2D eigenvalue weighted by Gasteiger charge is 2.23. The molecule has 10 aromatic rings. The molecule has 0 fully saturated rings. The third-order valence-corrected chi connectivity index (χ3v) is 10.4. The lowest BCUT2D eigenvalue weighted by Gasteiger charge is -2.12. The van der Waals surface area contributed by atoms with Crippen LogP contribution in [0.25, 0.3) is 92.6 Å². The molecule has 0 amide bonds. The van der Waals surface area contributed by atoms with Crippen molar-refractivity contribution in [3.63, 3.8) is 0 Å². The summed E-state index contributed by atoms with van der Waals surface area (Å²) in [6.07, 6.45) is 0. The summed E-state index contributed by atoms with van der Waals surface area (Å²) in [5.74, 6) is 1.88. The van der Waals surface area contributed by atoms with E-state index in [1.54, 1.807) is 0 Å². The van der Waals surface area contributed by atoms with Crippen LogP contribution in [0, 0.1) is 0 Å². The highest BCUT2D eigenvalue weighted by Crippen LogP contribution is 2.47. The molecule has 3 aromatic heterocycles. The number of rotatable bonds is 4. The molecule has 0 aliphatic rings. The van der Waals surface area contributed by atoms with Crippen LogP contribution in [-0.2, 0) is 0 Å². The molecule has 5 heteroatoms. The number of hydrogen-bond donors (Lipinski definition) is 0. The van der Waals surface area contributed by atoms with Crippen LogP contribution < -0.4 is 0 Å². The largest absolute Gasteiger partial charge is 0.276 e. The van der Waals surface area contributed by atoms with Gasteiger partial charge in [0.2, 0.25) is 5.95 Å². The number of benzene rings is 7. The van der Waals surface area contributed by atoms with Gasteiger partial charge in [0.15, 0.2) is 11.6 Å². The second-order valence-corrected chi connectivity index (χ2v) is 13.1. The van der Waals surface area contributed by atoms with Gasteiger partial charge in [0, 0.05) is 37.4 Å². The smallest absolute Gasteiger partial charge is 0.238 e. The Morgan fingerprint density at radius 3 is 1.60 bits per heavy atom. The summed E-state index contributed by atoms with van der Waals surface area (Å²) < 4.78 is 4.77. The van der Waals surface area contributed by atoms with Crippen LogP contribution in [0.1, 0.15) is 0 Å². The molecule has 0 atom stereocenters. The molecule has 0 unspecified atom stereocenters. The first kappa shape index (κ1) is 27.0. The fourth-order valence-corrected chi connectivity index (χ4v) is 8.35. The zero-order valence-corrected chi connectivity index (χ0v) is 26.5. The molecular formula is C43H26N4S. The second-order valence-electron chi connectivity index (χ2n) is 12.0. The molecule has 0 saturated carbocycles. The summed E-state index contributed by atoms with van der Waals surface area (Å²) in [7, 11) is 0. The highest BCUT2D eigenvalue weighted by molar-refractivity contribution is 7.27. The monoisotopic (exact) mass is 630 g/mol. The number of para-hydroxylation sites is 1. The lowest BCUT2D eigenvalue weighted by Crippen LogP contribution is -2.06. The van der Waals surface area contributed by atoms with Gasteiger partial charge in [-0.05, 0) is 34.0 Å². The molecular weight excluding hydrogens is 605 g/mol. The Hall–Kier alpha value is -6.17. The van der Waals surface area contributed by atoms with Crippen molar-refractivity contribution in [1.29, 1.82) is 0 Å². The molecule has 0 aliphatic heterocycles. The molecule has 4 nitrogen and oxygen atoms in total. The lowest BCUT2D eigenvalue weighted by atomic mass is 9.99. The van der Waals surface area contributed by atoms with Crippen molar-refractivity contribution in [3.8, 4) is 39.9 Å². The molecule has 7 aromatic carbocycles. The van der Waals surface area contributed by atoms with Crippen molar-refractivity contribution in [2.24, 2.45) is 0 Å². The standard InChI is InChI=1S/C43H26N4S/c1-3-13-27(14-4-1)28-23-25-30(26-24-28)42-44-41(29-15-5-2-6-16-29)45-43(46-42)47-35-21-11-9-19-33(35)37-31-17-7-8-18-32(31)38-34-20-10-12-22-36(34)48-40(38)39(37)47/h1-26H. The fraction of sp³-hybridized carbons (Fsp3) is 0. The zero-order valence-electron chi connectivity index (χ0n) is 25.7. The molecule has 0 saturated heterocycles. The van der Waals surface area contributed by atoms with Gasteiger partial charge in [-0.15, -0.1) is 11.3 Å². The van der Waals surface area contributed by atoms with Gasteiger partial charge in [0.05, 0.1) is 15.7 Å². The van der Waals surface area contributed by atoms with E-state index >= 15 is 0 Å². The zero-order chi connectivity index (χ0) is 31.6. The molecule has 0 spiro atoms. The van der Waals surface area contributed by atoms with E-state index in [-0.39, 0.29) is 0 Å². The maximum Gasteiger partial charge on any atom is 0.238 e. The maximum atomic E-state index is 5.26. The summed E-state index contributed by atoms with van der Waals surface area (Å²) in [6.45, 7) is 0. The van der Waals surface area contributed by atoms with E-state index in [4.69, 9.17) is 15.0 Å². The first-order valence-corrected chi connectivity index (χ1v) is 16.9. The predicted octanol–water partition coefficient (Wildman–Crippen LogP) is 11.5. The van der Waals surface area contributed by atoms with Crippen LogP contribution in [0.3, 0.4) is 0 Å². The number of hydrogen-bond acceptors (Lipinski definition) is 4. The minimum absolute atomic E-state index is 0.603. The summed E-state index contributed by atoms with van der Waals surface area (Å²) in [4.78, 5) is 15.5. The normalized spacial score (nSPS) is 11.8. The Labute approximate surface area is 280 Å². The fourth-order valence-electron chi connectivity index (χ4n) is 7.09. The lowest BCUT2D eigenvalue weighted by molar-refractivity contribution is 0.955. The van der Waals surface area contributed by atoms with Gasteiger partial charge in [-0.1, -0.05) is 146 Å². The second kappa shape index (κ2) is 10.7. The SMILES string of the molecule is c1ccc(-c2ccc(-c3nc(-c4ccccc4)nc(-n4c5ccccc5c5c6ccccc6c6c7ccccc7sc6c54)n3)cc2)cc1. The van der Waals surface area contributed by atoms with Crippen LogP contribution in [0.15, 0.2) is 158 Å². The third kappa shape index (κ3) is 4.11. The Bertz CT molecular complexity index is 2820. The van der Waals surface area contributed by atoms with Gasteiger partial charge < -0.3 is 0 Å². The van der Waals surface area contributed by atoms with E-state index in [1.165, 1.54) is 47.3 Å². The Morgan fingerprint density at radius 2 is 0.896 bits per heavy atom. The Balaban J connectivity index is 1.31. The molecule has 0 radical (unpaired) electrons. The summed E-state index contributed by atoms with van der Waals surface area (Å²) in [6, 6.07) is 55.3. The molecule has 48 heavy (non-hydrogen) atoms. The Morgan fingerprint density at radius 1 is 0.396 bits per heavy atom. The molecule has 0 bridgehead atoms. The maximum absolute atomic E-state index is 5.26. The predicted molar refractivity (Wildman–Crippen MR) is 201 cm³/mol. The minimum Gasteiger partial charge on any atom is -0.276 e. The van der Waals surface area contributed by atoms with E-state index in [1.807, 2.05) is 35.6 Å².